The standard InChI is InChI=1S/C36H30Cl2F4N2O4/c37-27-11-14-30(31(38)21-27)32-35(15-4-8-23-6-2-1-3-7-23,34(46)43-22-24-18-26(36(40,41)42)20-28(39)19-24)44-33(48-32)25-9-12-29(13-10-25)47-17-5-16-45/h1-4,6-14,18-21,32,45H,5,15-17,22H2,(H,43,46)/b8-4+/t32-,35-/m1/s1. The van der Waals surface area contributed by atoms with Gasteiger partial charge in [-0.1, -0.05) is 71.8 Å². The highest BCUT2D eigenvalue weighted by Gasteiger charge is 2.53. The highest BCUT2D eigenvalue weighted by Crippen LogP contribution is 2.45. The van der Waals surface area contributed by atoms with Crippen molar-refractivity contribution in [2.75, 3.05) is 13.2 Å². The molecule has 2 N–H and O–H groups in total. The van der Waals surface area contributed by atoms with E-state index in [9.17, 15) is 22.4 Å². The Morgan fingerprint density at radius 2 is 1.77 bits per heavy atom. The van der Waals surface area contributed by atoms with E-state index in [1.54, 1.807) is 42.5 Å². The van der Waals surface area contributed by atoms with Gasteiger partial charge in [0, 0.05) is 47.2 Å². The second kappa shape index (κ2) is 15.2. The first kappa shape index (κ1) is 34.9. The minimum Gasteiger partial charge on any atom is -0.494 e. The average molecular weight is 702 g/mol. The largest absolute Gasteiger partial charge is 0.494 e. The van der Waals surface area contributed by atoms with Crippen molar-refractivity contribution in [3.05, 3.63) is 141 Å². The molecule has 0 fully saturated rings. The molecule has 250 valence electrons. The third-order valence-corrected chi connectivity index (χ3v) is 8.11. The normalized spacial score (nSPS) is 17.6. The summed E-state index contributed by atoms with van der Waals surface area (Å²) in [4.78, 5) is 19.2. The van der Waals surface area contributed by atoms with Gasteiger partial charge in [0.15, 0.2) is 11.6 Å². The molecule has 48 heavy (non-hydrogen) atoms. The van der Waals surface area contributed by atoms with Crippen LogP contribution in [0.1, 0.15) is 46.8 Å². The molecule has 2 atom stereocenters. The fourth-order valence-corrected chi connectivity index (χ4v) is 5.70. The summed E-state index contributed by atoms with van der Waals surface area (Å²) in [6, 6.07) is 23.0. The minimum atomic E-state index is -4.78. The topological polar surface area (TPSA) is 80.2 Å². The number of nitrogens with zero attached hydrogens (tertiary/aromatic N) is 1. The van der Waals surface area contributed by atoms with E-state index >= 15 is 0 Å². The quantitative estimate of drug-likeness (QED) is 0.115. The maximum atomic E-state index is 14.3. The molecule has 0 bridgehead atoms. The van der Waals surface area contributed by atoms with Crippen LogP contribution in [0, 0.1) is 5.82 Å². The maximum absolute atomic E-state index is 14.3. The van der Waals surface area contributed by atoms with Gasteiger partial charge in [-0.15, -0.1) is 0 Å². The van der Waals surface area contributed by atoms with Crippen LogP contribution in [0.25, 0.3) is 6.08 Å². The zero-order valence-corrected chi connectivity index (χ0v) is 26.8. The van der Waals surface area contributed by atoms with Crippen LogP contribution in [0.5, 0.6) is 5.75 Å². The second-order valence-electron chi connectivity index (χ2n) is 11.0. The Balaban J connectivity index is 1.56. The molecule has 0 radical (unpaired) electrons. The van der Waals surface area contributed by atoms with Crippen molar-refractivity contribution in [2.24, 2.45) is 4.99 Å². The molecule has 1 heterocycles. The van der Waals surface area contributed by atoms with E-state index in [0.29, 0.717) is 41.0 Å². The van der Waals surface area contributed by atoms with Gasteiger partial charge in [0.2, 0.25) is 5.90 Å². The lowest BCUT2D eigenvalue weighted by atomic mass is 9.84. The lowest BCUT2D eigenvalue weighted by molar-refractivity contribution is -0.137. The Kier molecular flexibility index (Phi) is 11.1. The molecule has 0 aromatic heterocycles. The zero-order chi connectivity index (χ0) is 34.3. The van der Waals surface area contributed by atoms with E-state index in [4.69, 9.17) is 42.8 Å². The number of aliphatic hydroxyl groups is 1. The number of hydrogen-bond donors (Lipinski definition) is 2. The Morgan fingerprint density at radius 3 is 2.46 bits per heavy atom. The molecule has 1 aliphatic rings. The van der Waals surface area contributed by atoms with Crippen LogP contribution in [0.2, 0.25) is 10.0 Å². The Hall–Kier alpha value is -4.38. The summed E-state index contributed by atoms with van der Waals surface area (Å²) in [5, 5.41) is 12.3. The molecule has 4 aromatic carbocycles. The van der Waals surface area contributed by atoms with Crippen LogP contribution >= 0.6 is 23.2 Å². The molecular formula is C36H30Cl2F4N2O4. The summed E-state index contributed by atoms with van der Waals surface area (Å²) >= 11 is 12.8. The van der Waals surface area contributed by atoms with Crippen molar-refractivity contribution in [2.45, 2.75) is 37.2 Å². The number of hydrogen-bond acceptors (Lipinski definition) is 5. The molecular weight excluding hydrogens is 671 g/mol. The Labute approximate surface area is 284 Å². The predicted molar refractivity (Wildman–Crippen MR) is 177 cm³/mol. The van der Waals surface area contributed by atoms with Crippen molar-refractivity contribution < 1.29 is 36.9 Å². The number of rotatable bonds is 12. The molecule has 1 aliphatic heterocycles. The fourth-order valence-electron chi connectivity index (χ4n) is 5.20. The zero-order valence-electron chi connectivity index (χ0n) is 25.3. The van der Waals surface area contributed by atoms with Crippen LogP contribution < -0.4 is 10.1 Å². The summed E-state index contributed by atoms with van der Waals surface area (Å²) in [6.45, 7) is -0.115. The van der Waals surface area contributed by atoms with Gasteiger partial charge in [-0.3, -0.25) is 4.79 Å². The van der Waals surface area contributed by atoms with Crippen molar-refractivity contribution >= 4 is 41.1 Å². The summed E-state index contributed by atoms with van der Waals surface area (Å²) < 4.78 is 66.5. The third-order valence-electron chi connectivity index (χ3n) is 7.55. The van der Waals surface area contributed by atoms with Crippen LogP contribution in [-0.2, 0) is 22.3 Å². The van der Waals surface area contributed by atoms with Gasteiger partial charge >= 0.3 is 6.18 Å². The molecule has 0 aliphatic carbocycles. The number of aliphatic imine (C=N–C) groups is 1. The molecule has 0 spiro atoms. The SMILES string of the molecule is O=C(NCc1cc(F)cc(C(F)(F)F)c1)[C@]1(C/C=C/c2ccccc2)N=C(c2ccc(OCCCO)cc2)O[C@@H]1c1ccc(Cl)cc1Cl. The number of benzene rings is 4. The van der Waals surface area contributed by atoms with E-state index in [0.717, 1.165) is 17.7 Å². The van der Waals surface area contributed by atoms with Crippen LogP contribution in [0.15, 0.2) is 102 Å². The number of carbonyl (C=O) groups is 1. The number of nitrogens with one attached hydrogen (secondary N) is 1. The van der Waals surface area contributed by atoms with Gasteiger partial charge in [0.1, 0.15) is 11.6 Å². The van der Waals surface area contributed by atoms with Crippen LogP contribution in [0.3, 0.4) is 0 Å². The van der Waals surface area contributed by atoms with E-state index < -0.39 is 41.7 Å². The molecule has 0 unspecified atom stereocenters. The average Bonchev–Trinajstić information content (AvgIpc) is 3.44. The smallest absolute Gasteiger partial charge is 0.416 e. The minimum absolute atomic E-state index is 0.0110. The molecule has 6 nitrogen and oxygen atoms in total. The molecule has 0 saturated carbocycles. The first-order valence-corrected chi connectivity index (χ1v) is 15.7. The highest BCUT2D eigenvalue weighted by atomic mass is 35.5. The summed E-state index contributed by atoms with van der Waals surface area (Å²) in [6.07, 6.45) is -1.87. The third kappa shape index (κ3) is 8.36. The first-order chi connectivity index (χ1) is 23.0. The molecule has 12 heteroatoms. The number of ether oxygens (including phenoxy) is 2. The lowest BCUT2D eigenvalue weighted by Crippen LogP contribution is -2.47. The van der Waals surface area contributed by atoms with Crippen molar-refractivity contribution in [3.8, 4) is 5.75 Å². The summed E-state index contributed by atoms with van der Waals surface area (Å²) in [5.41, 5.74) is -1.21. The summed E-state index contributed by atoms with van der Waals surface area (Å²) in [5.74, 6) is -1.12. The first-order valence-electron chi connectivity index (χ1n) is 14.9. The molecule has 1 amide bonds. The maximum Gasteiger partial charge on any atom is 0.416 e. The van der Waals surface area contributed by atoms with Crippen LogP contribution in [0.4, 0.5) is 17.6 Å². The van der Waals surface area contributed by atoms with Gasteiger partial charge < -0.3 is 19.9 Å². The number of amides is 1. The fraction of sp³-hybridized carbons (Fsp3) is 0.222. The van der Waals surface area contributed by atoms with Gasteiger partial charge in [-0.05, 0) is 65.7 Å². The van der Waals surface area contributed by atoms with E-state index in [2.05, 4.69) is 5.32 Å². The molecule has 0 saturated heterocycles. The van der Waals surface area contributed by atoms with Gasteiger partial charge in [-0.25, -0.2) is 9.38 Å². The van der Waals surface area contributed by atoms with Crippen molar-refractivity contribution in [3.63, 3.8) is 0 Å². The van der Waals surface area contributed by atoms with Gasteiger partial charge in [-0.2, -0.15) is 13.2 Å². The highest BCUT2D eigenvalue weighted by molar-refractivity contribution is 6.35. The Bertz CT molecular complexity index is 1800. The van der Waals surface area contributed by atoms with Crippen molar-refractivity contribution in [1.29, 1.82) is 0 Å². The van der Waals surface area contributed by atoms with E-state index in [1.807, 2.05) is 36.4 Å². The second-order valence-corrected chi connectivity index (χ2v) is 11.8. The van der Waals surface area contributed by atoms with Crippen molar-refractivity contribution in [1.82, 2.24) is 5.32 Å². The Morgan fingerprint density at radius 1 is 1.02 bits per heavy atom. The van der Waals surface area contributed by atoms with E-state index in [1.165, 1.54) is 6.07 Å². The van der Waals surface area contributed by atoms with Gasteiger partial charge in [0.05, 0.1) is 12.2 Å². The predicted octanol–water partition coefficient (Wildman–Crippen LogP) is 8.59. The van der Waals surface area contributed by atoms with Gasteiger partial charge in [0.25, 0.3) is 5.91 Å². The number of carbonyl (C=O) groups excluding carboxylic acids is 1. The number of alkyl halides is 3. The lowest BCUT2D eigenvalue weighted by Gasteiger charge is -2.30. The summed E-state index contributed by atoms with van der Waals surface area (Å²) in [7, 11) is 0. The number of aliphatic hydroxyl groups excluding tert-OH is 1. The van der Waals surface area contributed by atoms with E-state index in [-0.39, 0.29) is 29.5 Å². The monoisotopic (exact) mass is 700 g/mol. The number of halogens is 6. The van der Waals surface area contributed by atoms with Crippen LogP contribution in [-0.4, -0.2) is 35.7 Å². The molecule has 5 rings (SSSR count). The molecule has 4 aromatic rings.